The van der Waals surface area contributed by atoms with Crippen LogP contribution in [-0.2, 0) is 4.79 Å². The van der Waals surface area contributed by atoms with Crippen molar-refractivity contribution in [2.75, 3.05) is 6.54 Å². The van der Waals surface area contributed by atoms with Gasteiger partial charge < -0.3 is 0 Å². The van der Waals surface area contributed by atoms with Gasteiger partial charge in [-0.1, -0.05) is 29.8 Å². The minimum Gasteiger partial charge on any atom is -0.278 e. The van der Waals surface area contributed by atoms with Gasteiger partial charge in [-0.25, -0.2) is 0 Å². The fourth-order valence-corrected chi connectivity index (χ4v) is 3.16. The summed E-state index contributed by atoms with van der Waals surface area (Å²) >= 11 is 6.65. The average Bonchev–Trinajstić information content (AvgIpc) is 2.03. The maximum absolute atomic E-state index is 11.5. The zero-order chi connectivity index (χ0) is 9.35. The van der Waals surface area contributed by atoms with Crippen LogP contribution in [0, 0.1) is 5.41 Å². The van der Waals surface area contributed by atoms with Gasteiger partial charge >= 0.3 is 0 Å². The van der Waals surface area contributed by atoms with E-state index in [1.54, 1.807) is 3.93 Å². The molecule has 0 bridgehead atoms. The van der Waals surface area contributed by atoms with E-state index in [1.165, 1.54) is 0 Å². The molecule has 1 unspecified atom stereocenters. The fraction of sp³-hybridized carbons (Fsp3) is 0.875. The predicted molar refractivity (Wildman–Crippen MR) is 56.4 cm³/mol. The van der Waals surface area contributed by atoms with Crippen molar-refractivity contribution in [1.29, 1.82) is 0 Å². The molecule has 2 nitrogen and oxygen atoms in total. The molecule has 1 aliphatic rings. The van der Waals surface area contributed by atoms with Crippen molar-refractivity contribution >= 4 is 38.0 Å². The lowest BCUT2D eigenvalue weighted by Crippen LogP contribution is -2.26. The van der Waals surface area contributed by atoms with E-state index < -0.39 is 0 Å². The number of carbonyl (C=O) groups is 1. The zero-order valence-electron chi connectivity index (χ0n) is 7.31. The molecule has 1 heterocycles. The Morgan fingerprint density at radius 3 is 2.75 bits per heavy atom. The summed E-state index contributed by atoms with van der Waals surface area (Å²) < 4.78 is 1.63. The normalized spacial score (nSPS) is 30.2. The summed E-state index contributed by atoms with van der Waals surface area (Å²) in [6, 6.07) is 0. The van der Waals surface area contributed by atoms with E-state index in [-0.39, 0.29) is 16.1 Å². The second-order valence-electron chi connectivity index (χ2n) is 4.01. The van der Waals surface area contributed by atoms with Gasteiger partial charge in [0.2, 0.25) is 5.91 Å². The SMILES string of the molecule is CC1(C)CCN(Br)C(=O)C(Br)C1. The molecule has 0 N–H and O–H groups in total. The summed E-state index contributed by atoms with van der Waals surface area (Å²) in [5.41, 5.74) is 0.256. The van der Waals surface area contributed by atoms with Crippen molar-refractivity contribution in [2.24, 2.45) is 5.41 Å². The van der Waals surface area contributed by atoms with Crippen molar-refractivity contribution in [2.45, 2.75) is 31.5 Å². The van der Waals surface area contributed by atoms with Crippen molar-refractivity contribution < 1.29 is 4.79 Å². The third kappa shape index (κ3) is 2.46. The maximum atomic E-state index is 11.5. The van der Waals surface area contributed by atoms with Gasteiger partial charge in [0.25, 0.3) is 0 Å². The van der Waals surface area contributed by atoms with Crippen LogP contribution in [0.15, 0.2) is 0 Å². The Kier molecular flexibility index (Phi) is 3.21. The Hall–Kier alpha value is 0.430. The van der Waals surface area contributed by atoms with E-state index in [4.69, 9.17) is 0 Å². The van der Waals surface area contributed by atoms with Gasteiger partial charge in [0.15, 0.2) is 0 Å². The second kappa shape index (κ2) is 3.66. The molecule has 0 aromatic heterocycles. The minimum absolute atomic E-state index is 0.0330. The number of hydrogen-bond acceptors (Lipinski definition) is 1. The number of hydrogen-bond donors (Lipinski definition) is 0. The van der Waals surface area contributed by atoms with Crippen LogP contribution in [0.25, 0.3) is 0 Å². The molecule has 0 aromatic rings. The van der Waals surface area contributed by atoms with Gasteiger partial charge in [-0.05, 0) is 18.3 Å². The van der Waals surface area contributed by atoms with E-state index in [1.807, 2.05) is 0 Å². The number of nitrogens with zero attached hydrogens (tertiary/aromatic N) is 1. The van der Waals surface area contributed by atoms with Crippen molar-refractivity contribution in [1.82, 2.24) is 3.93 Å². The highest BCUT2D eigenvalue weighted by Gasteiger charge is 2.32. The van der Waals surface area contributed by atoms with Crippen molar-refractivity contribution in [3.63, 3.8) is 0 Å². The van der Waals surface area contributed by atoms with E-state index in [9.17, 15) is 4.79 Å². The van der Waals surface area contributed by atoms with E-state index >= 15 is 0 Å². The number of rotatable bonds is 0. The predicted octanol–water partition coefficient (Wildman–Crippen LogP) is 2.71. The first-order valence-corrected chi connectivity index (χ1v) is 5.66. The van der Waals surface area contributed by atoms with E-state index in [0.29, 0.717) is 0 Å². The van der Waals surface area contributed by atoms with Gasteiger partial charge in [0.1, 0.15) is 0 Å². The summed E-state index contributed by atoms with van der Waals surface area (Å²) in [4.78, 5) is 11.4. The molecule has 12 heavy (non-hydrogen) atoms. The van der Waals surface area contributed by atoms with Crippen LogP contribution in [0.5, 0.6) is 0 Å². The van der Waals surface area contributed by atoms with Crippen LogP contribution in [0.2, 0.25) is 0 Å². The Morgan fingerprint density at radius 2 is 2.17 bits per heavy atom. The molecule has 0 aliphatic carbocycles. The summed E-state index contributed by atoms with van der Waals surface area (Å²) in [5.74, 6) is 0.139. The topological polar surface area (TPSA) is 20.3 Å². The largest absolute Gasteiger partial charge is 0.278 e. The van der Waals surface area contributed by atoms with Crippen LogP contribution in [-0.4, -0.2) is 21.2 Å². The number of amides is 1. The lowest BCUT2D eigenvalue weighted by molar-refractivity contribution is -0.124. The lowest BCUT2D eigenvalue weighted by atomic mass is 9.85. The monoisotopic (exact) mass is 297 g/mol. The fourth-order valence-electron chi connectivity index (χ4n) is 1.34. The van der Waals surface area contributed by atoms with E-state index in [2.05, 4.69) is 45.9 Å². The molecular formula is C8H13Br2NO. The zero-order valence-corrected chi connectivity index (χ0v) is 10.5. The van der Waals surface area contributed by atoms with Gasteiger partial charge in [-0.2, -0.15) is 0 Å². The smallest absolute Gasteiger partial charge is 0.246 e. The third-order valence-electron chi connectivity index (χ3n) is 2.22. The Bertz CT molecular complexity index is 193. The first-order chi connectivity index (χ1) is 5.42. The lowest BCUT2D eigenvalue weighted by Gasteiger charge is -2.22. The van der Waals surface area contributed by atoms with E-state index in [0.717, 1.165) is 19.4 Å². The summed E-state index contributed by atoms with van der Waals surface area (Å²) in [6.07, 6.45) is 1.96. The molecule has 0 aromatic carbocycles. The molecule has 0 radical (unpaired) electrons. The number of alkyl halides is 1. The second-order valence-corrected chi connectivity index (χ2v) is 5.97. The highest BCUT2D eigenvalue weighted by Crippen LogP contribution is 2.34. The van der Waals surface area contributed by atoms with Crippen molar-refractivity contribution in [3.05, 3.63) is 0 Å². The summed E-state index contributed by atoms with van der Waals surface area (Å²) in [7, 11) is 0. The summed E-state index contributed by atoms with van der Waals surface area (Å²) in [6.45, 7) is 5.19. The molecule has 1 amide bonds. The molecule has 4 heteroatoms. The van der Waals surface area contributed by atoms with Crippen LogP contribution < -0.4 is 0 Å². The summed E-state index contributed by atoms with van der Waals surface area (Å²) in [5, 5.41) is 0. The highest BCUT2D eigenvalue weighted by atomic mass is 79.9. The highest BCUT2D eigenvalue weighted by molar-refractivity contribution is 9.10. The number of halogens is 2. The van der Waals surface area contributed by atoms with Crippen LogP contribution in [0.1, 0.15) is 26.7 Å². The molecule has 70 valence electrons. The molecule has 0 spiro atoms. The van der Waals surface area contributed by atoms with Gasteiger partial charge in [-0.15, -0.1) is 0 Å². The molecular weight excluding hydrogens is 286 g/mol. The Morgan fingerprint density at radius 1 is 1.58 bits per heavy atom. The molecule has 1 rings (SSSR count). The van der Waals surface area contributed by atoms with Gasteiger partial charge in [0, 0.05) is 6.54 Å². The van der Waals surface area contributed by atoms with Gasteiger partial charge in [0.05, 0.1) is 21.0 Å². The van der Waals surface area contributed by atoms with Crippen molar-refractivity contribution in [3.8, 4) is 0 Å². The Balaban J connectivity index is 2.73. The standard InChI is InChI=1S/C8H13Br2NO/c1-8(2)3-4-11(10)7(12)6(9)5-8/h6H,3-5H2,1-2H3. The minimum atomic E-state index is -0.0330. The van der Waals surface area contributed by atoms with Crippen LogP contribution >= 0.6 is 32.1 Å². The first kappa shape index (κ1) is 10.5. The van der Waals surface area contributed by atoms with Gasteiger partial charge in [-0.3, -0.25) is 8.72 Å². The molecule has 1 atom stereocenters. The molecule has 1 fully saturated rings. The Labute approximate surface area is 90.2 Å². The number of carbonyl (C=O) groups excluding carboxylic acids is 1. The molecule has 1 aliphatic heterocycles. The molecule has 0 saturated carbocycles. The molecule has 1 saturated heterocycles. The third-order valence-corrected chi connectivity index (χ3v) is 3.64. The average molecular weight is 299 g/mol. The first-order valence-electron chi connectivity index (χ1n) is 4.04. The van der Waals surface area contributed by atoms with Crippen LogP contribution in [0.4, 0.5) is 0 Å². The quantitative estimate of drug-likeness (QED) is 0.497. The maximum Gasteiger partial charge on any atom is 0.246 e. The van der Waals surface area contributed by atoms with Crippen LogP contribution in [0.3, 0.4) is 0 Å².